The number of nitrogens with zero attached hydrogens (tertiary/aromatic N) is 2. The second-order valence-corrected chi connectivity index (χ2v) is 10.8. The Bertz CT molecular complexity index is 1430. The quantitative estimate of drug-likeness (QED) is 0.347. The molecule has 1 aromatic heterocycles. The van der Waals surface area contributed by atoms with Crippen LogP contribution in [-0.4, -0.2) is 29.6 Å². The lowest BCUT2D eigenvalue weighted by Crippen LogP contribution is -2.26. The summed E-state index contributed by atoms with van der Waals surface area (Å²) in [6, 6.07) is 12.3. The molecule has 2 N–H and O–H groups in total. The van der Waals surface area contributed by atoms with Crippen LogP contribution in [-0.2, 0) is 23.0 Å². The molecule has 8 nitrogen and oxygen atoms in total. The van der Waals surface area contributed by atoms with Gasteiger partial charge in [-0.25, -0.2) is 4.98 Å². The number of nitriles is 1. The third-order valence-corrected chi connectivity index (χ3v) is 6.68. The first-order chi connectivity index (χ1) is 18.2. The highest BCUT2D eigenvalue weighted by Gasteiger charge is 2.42. The molecule has 39 heavy (non-hydrogen) atoms. The smallest absolute Gasteiger partial charge is 0.418 e. The fraction of sp³-hybridized carbons (Fsp3) is 0.296. The standard InChI is InChI=1S/C27H27F3N4O4S/c1-15-21(24(35)33-17-8-7-9-18(13-17)39(36)32-5)25(34-23(26(2,3)4)22(15)27(28,29)30)38-19-11-10-16(14-31)12-20(19)37-6/h7-13,32H,1-6H3,(H,33,35)/t39-/m1/s1. The van der Waals surface area contributed by atoms with E-state index in [0.717, 1.165) is 0 Å². The number of pyridine rings is 1. The largest absolute Gasteiger partial charge is 0.593 e. The number of carbonyl (C=O) groups is 1. The average molecular weight is 561 g/mol. The van der Waals surface area contributed by atoms with Crippen molar-refractivity contribution in [1.29, 1.82) is 5.26 Å². The Morgan fingerprint density at radius 2 is 1.82 bits per heavy atom. The number of amides is 1. The Morgan fingerprint density at radius 1 is 1.13 bits per heavy atom. The van der Waals surface area contributed by atoms with Gasteiger partial charge in [0.1, 0.15) is 5.56 Å². The molecule has 0 fully saturated rings. The molecule has 0 aliphatic rings. The van der Waals surface area contributed by atoms with E-state index in [2.05, 4.69) is 15.0 Å². The lowest BCUT2D eigenvalue weighted by atomic mass is 9.85. The van der Waals surface area contributed by atoms with Gasteiger partial charge in [-0.2, -0.15) is 18.4 Å². The van der Waals surface area contributed by atoms with E-state index in [1.165, 1.54) is 51.4 Å². The zero-order valence-corrected chi connectivity index (χ0v) is 22.9. The minimum Gasteiger partial charge on any atom is -0.593 e. The number of nitrogens with one attached hydrogen (secondary N) is 2. The molecular weight excluding hydrogens is 533 g/mol. The summed E-state index contributed by atoms with van der Waals surface area (Å²) in [7, 11) is 2.83. The molecule has 0 saturated carbocycles. The van der Waals surface area contributed by atoms with Gasteiger partial charge in [-0.3, -0.25) is 4.79 Å². The van der Waals surface area contributed by atoms with E-state index in [1.54, 1.807) is 32.9 Å². The van der Waals surface area contributed by atoms with E-state index in [9.17, 15) is 27.8 Å². The third-order valence-electron chi connectivity index (χ3n) is 5.63. The van der Waals surface area contributed by atoms with Gasteiger partial charge in [-0.15, -0.1) is 4.72 Å². The van der Waals surface area contributed by atoms with E-state index >= 15 is 0 Å². The maximum Gasteiger partial charge on any atom is 0.418 e. The molecule has 12 heteroatoms. The fourth-order valence-corrected chi connectivity index (χ4v) is 4.51. The van der Waals surface area contributed by atoms with Crippen molar-refractivity contribution in [2.75, 3.05) is 19.5 Å². The summed E-state index contributed by atoms with van der Waals surface area (Å²) < 4.78 is 69.0. The Morgan fingerprint density at radius 3 is 2.38 bits per heavy atom. The highest BCUT2D eigenvalue weighted by atomic mass is 32.2. The maximum atomic E-state index is 14.3. The number of anilines is 1. The first kappa shape index (κ1) is 29.8. The van der Waals surface area contributed by atoms with Crippen molar-refractivity contribution in [1.82, 2.24) is 9.71 Å². The molecule has 3 aromatic rings. The van der Waals surface area contributed by atoms with Gasteiger partial charge in [0, 0.05) is 30.3 Å². The van der Waals surface area contributed by atoms with Crippen LogP contribution in [0, 0.1) is 18.3 Å². The van der Waals surface area contributed by atoms with Crippen LogP contribution < -0.4 is 19.5 Å². The predicted octanol–water partition coefficient (Wildman–Crippen LogP) is 5.87. The van der Waals surface area contributed by atoms with Gasteiger partial charge in [0.2, 0.25) is 5.88 Å². The van der Waals surface area contributed by atoms with Crippen molar-refractivity contribution in [2.45, 2.75) is 44.2 Å². The molecule has 3 rings (SSSR count). The van der Waals surface area contributed by atoms with Crippen LogP contribution in [0.1, 0.15) is 53.5 Å². The normalized spacial score (nSPS) is 12.4. The third kappa shape index (κ3) is 6.62. The van der Waals surface area contributed by atoms with Crippen molar-refractivity contribution < 1.29 is 32.0 Å². The molecule has 2 aromatic carbocycles. The lowest BCUT2D eigenvalue weighted by molar-refractivity contribution is -0.139. The second-order valence-electron chi connectivity index (χ2n) is 9.42. The van der Waals surface area contributed by atoms with E-state index in [-0.39, 0.29) is 39.9 Å². The van der Waals surface area contributed by atoms with Gasteiger partial charge in [-0.1, -0.05) is 26.8 Å². The van der Waals surface area contributed by atoms with Crippen LogP contribution in [0.25, 0.3) is 0 Å². The molecule has 0 radical (unpaired) electrons. The first-order valence-electron chi connectivity index (χ1n) is 11.6. The lowest BCUT2D eigenvalue weighted by Gasteiger charge is -2.27. The molecule has 0 aliphatic carbocycles. The van der Waals surface area contributed by atoms with E-state index in [4.69, 9.17) is 9.47 Å². The molecule has 0 aliphatic heterocycles. The first-order valence-corrected chi connectivity index (χ1v) is 12.7. The van der Waals surface area contributed by atoms with Crippen LogP contribution in [0.2, 0.25) is 0 Å². The van der Waals surface area contributed by atoms with Crippen LogP contribution in [0.3, 0.4) is 0 Å². The van der Waals surface area contributed by atoms with Crippen molar-refractivity contribution in [2.24, 2.45) is 0 Å². The number of carbonyl (C=O) groups excluding carboxylic acids is 1. The van der Waals surface area contributed by atoms with Crippen LogP contribution in [0.5, 0.6) is 17.4 Å². The number of hydrogen-bond acceptors (Lipinski definition) is 7. The average Bonchev–Trinajstić information content (AvgIpc) is 2.86. The zero-order chi connectivity index (χ0) is 29.1. The summed E-state index contributed by atoms with van der Waals surface area (Å²) in [4.78, 5) is 18.1. The molecule has 206 valence electrons. The predicted molar refractivity (Wildman–Crippen MR) is 140 cm³/mol. The second kappa shape index (κ2) is 11.5. The van der Waals surface area contributed by atoms with Crippen LogP contribution in [0.4, 0.5) is 18.9 Å². The molecule has 0 saturated heterocycles. The number of rotatable bonds is 7. The Kier molecular flexibility index (Phi) is 8.80. The van der Waals surface area contributed by atoms with Gasteiger partial charge in [0.05, 0.1) is 41.4 Å². The van der Waals surface area contributed by atoms with Crippen LogP contribution in [0.15, 0.2) is 47.4 Å². The Hall–Kier alpha value is -3.79. The van der Waals surface area contributed by atoms with Crippen LogP contribution >= 0.6 is 0 Å². The molecule has 0 unspecified atom stereocenters. The summed E-state index contributed by atoms with van der Waals surface area (Å²) in [5.41, 5.74) is -2.76. The summed E-state index contributed by atoms with van der Waals surface area (Å²) in [6.45, 7) is 5.90. The highest BCUT2D eigenvalue weighted by Crippen LogP contribution is 2.43. The Balaban J connectivity index is 2.24. The van der Waals surface area contributed by atoms with Gasteiger partial charge < -0.3 is 19.3 Å². The molecule has 1 atom stereocenters. The van der Waals surface area contributed by atoms with E-state index in [1.807, 2.05) is 6.07 Å². The number of aromatic nitrogens is 1. The summed E-state index contributed by atoms with van der Waals surface area (Å²) in [6.07, 6.45) is -4.82. The van der Waals surface area contributed by atoms with Crippen molar-refractivity contribution in [3.63, 3.8) is 0 Å². The monoisotopic (exact) mass is 560 g/mol. The summed E-state index contributed by atoms with van der Waals surface area (Å²) in [5, 5.41) is 11.8. The van der Waals surface area contributed by atoms with Crippen molar-refractivity contribution >= 4 is 23.0 Å². The number of methoxy groups -OCH3 is 1. The Labute approximate surface area is 227 Å². The maximum absolute atomic E-state index is 14.3. The fourth-order valence-electron chi connectivity index (χ4n) is 3.83. The van der Waals surface area contributed by atoms with Gasteiger partial charge in [0.25, 0.3) is 5.91 Å². The minimum absolute atomic E-state index is 0.0449. The number of benzene rings is 2. The number of ether oxygens (including phenoxy) is 2. The number of alkyl halides is 3. The summed E-state index contributed by atoms with van der Waals surface area (Å²) in [5.74, 6) is -1.12. The van der Waals surface area contributed by atoms with Gasteiger partial charge >= 0.3 is 6.18 Å². The molecular formula is C27H27F3N4O4S. The van der Waals surface area contributed by atoms with Gasteiger partial charge in [-0.05, 0) is 36.8 Å². The molecule has 0 spiro atoms. The zero-order valence-electron chi connectivity index (χ0n) is 22.1. The summed E-state index contributed by atoms with van der Waals surface area (Å²) >= 11 is -1.55. The minimum atomic E-state index is -4.82. The highest BCUT2D eigenvalue weighted by molar-refractivity contribution is 7.89. The van der Waals surface area contributed by atoms with Crippen molar-refractivity contribution in [3.05, 3.63) is 70.4 Å². The van der Waals surface area contributed by atoms with E-state index in [0.29, 0.717) is 4.90 Å². The SMILES string of the molecule is CN[S@+]([O-])c1cccc(NC(=O)c2c(Oc3ccc(C#N)cc3OC)nc(C(C)(C)C)c(C(F)(F)F)c2C)c1. The van der Waals surface area contributed by atoms with Crippen molar-refractivity contribution in [3.8, 4) is 23.4 Å². The van der Waals surface area contributed by atoms with E-state index < -0.39 is 40.0 Å². The molecule has 1 amide bonds. The number of hydrogen-bond donors (Lipinski definition) is 2. The molecule has 0 bridgehead atoms. The molecule has 1 heterocycles. The van der Waals surface area contributed by atoms with Gasteiger partial charge in [0.15, 0.2) is 16.4 Å². The topological polar surface area (TPSA) is 119 Å². The number of halogens is 3.